The highest BCUT2D eigenvalue weighted by Crippen LogP contribution is 2.19. The molecule has 1 atom stereocenters. The van der Waals surface area contributed by atoms with E-state index < -0.39 is 0 Å². The van der Waals surface area contributed by atoms with Gasteiger partial charge in [-0.3, -0.25) is 0 Å². The van der Waals surface area contributed by atoms with Gasteiger partial charge >= 0.3 is 0 Å². The topological polar surface area (TPSA) is 47.3 Å². The van der Waals surface area contributed by atoms with Crippen molar-refractivity contribution < 1.29 is 4.74 Å². The summed E-state index contributed by atoms with van der Waals surface area (Å²) in [6.07, 6.45) is 1.86. The van der Waals surface area contributed by atoms with Crippen molar-refractivity contribution in [1.29, 1.82) is 0 Å². The molecule has 0 saturated carbocycles. The fraction of sp³-hybridized carbons (Fsp3) is 0.500. The average Bonchev–Trinajstić information content (AvgIpc) is 2.45. The minimum Gasteiger partial charge on any atom is -0.494 e. The second kappa shape index (κ2) is 9.43. The van der Waals surface area contributed by atoms with Gasteiger partial charge in [0.05, 0.1) is 6.61 Å². The van der Waals surface area contributed by atoms with Gasteiger partial charge in [0.15, 0.2) is 0 Å². The normalized spacial score (nSPS) is 11.5. The molecule has 3 N–H and O–H groups in total. The standard InChI is InChI=1S/C16H24N2O/c1-3-5-6-10-18-16(13-17)14-8-7-9-15(12-14)19-11-4-2/h7-9,12,16,18H,4,6,10-11,13,17H2,1-2H3. The highest BCUT2D eigenvalue weighted by molar-refractivity contribution is 5.30. The fourth-order valence-corrected chi connectivity index (χ4v) is 1.81. The van der Waals surface area contributed by atoms with Crippen molar-refractivity contribution in [3.8, 4) is 17.6 Å². The summed E-state index contributed by atoms with van der Waals surface area (Å²) in [6.45, 7) is 6.12. The van der Waals surface area contributed by atoms with Gasteiger partial charge in [0.2, 0.25) is 0 Å². The SMILES string of the molecule is CC#CCCNC(CN)c1cccc(OCCC)c1. The van der Waals surface area contributed by atoms with E-state index in [9.17, 15) is 0 Å². The third-order valence-electron chi connectivity index (χ3n) is 2.79. The molecule has 3 heteroatoms. The van der Waals surface area contributed by atoms with Crippen molar-refractivity contribution in [2.24, 2.45) is 5.73 Å². The Morgan fingerprint density at radius 1 is 1.42 bits per heavy atom. The number of hydrogen-bond acceptors (Lipinski definition) is 3. The maximum absolute atomic E-state index is 5.83. The van der Waals surface area contributed by atoms with E-state index in [0.717, 1.165) is 31.7 Å². The zero-order chi connectivity index (χ0) is 13.9. The molecule has 1 rings (SSSR count). The summed E-state index contributed by atoms with van der Waals surface area (Å²) in [5.74, 6) is 6.84. The highest BCUT2D eigenvalue weighted by atomic mass is 16.5. The van der Waals surface area contributed by atoms with Crippen molar-refractivity contribution in [2.75, 3.05) is 19.7 Å². The molecule has 0 aliphatic carbocycles. The maximum atomic E-state index is 5.83. The van der Waals surface area contributed by atoms with E-state index in [1.807, 2.05) is 19.1 Å². The number of rotatable bonds is 8. The van der Waals surface area contributed by atoms with E-state index in [4.69, 9.17) is 10.5 Å². The lowest BCUT2D eigenvalue weighted by Gasteiger charge is -2.17. The van der Waals surface area contributed by atoms with Crippen LogP contribution in [0.2, 0.25) is 0 Å². The van der Waals surface area contributed by atoms with Gasteiger partial charge in [-0.25, -0.2) is 0 Å². The minimum absolute atomic E-state index is 0.156. The van der Waals surface area contributed by atoms with E-state index in [2.05, 4.69) is 36.2 Å². The quantitative estimate of drug-likeness (QED) is 0.557. The van der Waals surface area contributed by atoms with E-state index in [0.29, 0.717) is 6.54 Å². The lowest BCUT2D eigenvalue weighted by molar-refractivity contribution is 0.316. The number of ether oxygens (including phenoxy) is 1. The van der Waals surface area contributed by atoms with Crippen molar-refractivity contribution in [3.63, 3.8) is 0 Å². The van der Waals surface area contributed by atoms with Gasteiger partial charge < -0.3 is 15.8 Å². The van der Waals surface area contributed by atoms with Gasteiger partial charge in [0.1, 0.15) is 5.75 Å². The molecule has 0 amide bonds. The van der Waals surface area contributed by atoms with Gasteiger partial charge in [-0.1, -0.05) is 19.1 Å². The first-order valence-corrected chi connectivity index (χ1v) is 6.87. The summed E-state index contributed by atoms with van der Waals surface area (Å²) in [4.78, 5) is 0. The molecule has 0 spiro atoms. The largest absolute Gasteiger partial charge is 0.494 e. The van der Waals surface area contributed by atoms with Crippen LogP contribution in [0.3, 0.4) is 0 Å². The van der Waals surface area contributed by atoms with Crippen LogP contribution >= 0.6 is 0 Å². The molecule has 3 nitrogen and oxygen atoms in total. The molecule has 0 radical (unpaired) electrons. The van der Waals surface area contributed by atoms with Crippen LogP contribution in [0.1, 0.15) is 38.3 Å². The molecular weight excluding hydrogens is 236 g/mol. The molecule has 0 aliphatic rings. The zero-order valence-electron chi connectivity index (χ0n) is 11.9. The van der Waals surface area contributed by atoms with Gasteiger partial charge in [-0.2, -0.15) is 0 Å². The molecule has 104 valence electrons. The third kappa shape index (κ3) is 5.78. The second-order valence-electron chi connectivity index (χ2n) is 4.34. The number of nitrogens with one attached hydrogen (secondary N) is 1. The fourth-order valence-electron chi connectivity index (χ4n) is 1.81. The molecule has 1 unspecified atom stereocenters. The molecule has 0 saturated heterocycles. The third-order valence-corrected chi connectivity index (χ3v) is 2.79. The molecular formula is C16H24N2O. The monoisotopic (exact) mass is 260 g/mol. The van der Waals surface area contributed by atoms with Crippen molar-refractivity contribution in [3.05, 3.63) is 29.8 Å². The van der Waals surface area contributed by atoms with E-state index in [1.165, 1.54) is 5.56 Å². The molecule has 0 heterocycles. The molecule has 19 heavy (non-hydrogen) atoms. The predicted molar refractivity (Wildman–Crippen MR) is 80.1 cm³/mol. The lowest BCUT2D eigenvalue weighted by Crippen LogP contribution is -2.28. The summed E-state index contributed by atoms with van der Waals surface area (Å²) in [5.41, 5.74) is 7.00. The first-order chi connectivity index (χ1) is 9.31. The van der Waals surface area contributed by atoms with Crippen LogP contribution in [0.25, 0.3) is 0 Å². The van der Waals surface area contributed by atoms with E-state index in [1.54, 1.807) is 0 Å². The summed E-state index contributed by atoms with van der Waals surface area (Å²) in [6, 6.07) is 8.29. The van der Waals surface area contributed by atoms with Crippen LogP contribution in [0.5, 0.6) is 5.75 Å². The van der Waals surface area contributed by atoms with Crippen LogP contribution < -0.4 is 15.8 Å². The molecule has 1 aromatic rings. The smallest absolute Gasteiger partial charge is 0.119 e. The molecule has 0 fully saturated rings. The van der Waals surface area contributed by atoms with E-state index in [-0.39, 0.29) is 6.04 Å². The van der Waals surface area contributed by atoms with Gasteiger partial charge in [0.25, 0.3) is 0 Å². The van der Waals surface area contributed by atoms with Crippen LogP contribution in [0.15, 0.2) is 24.3 Å². The Bertz CT molecular complexity index is 420. The van der Waals surface area contributed by atoms with Gasteiger partial charge in [-0.05, 0) is 31.0 Å². The molecule has 1 aromatic carbocycles. The zero-order valence-corrected chi connectivity index (χ0v) is 11.9. The summed E-state index contributed by atoms with van der Waals surface area (Å²) < 4.78 is 5.64. The summed E-state index contributed by atoms with van der Waals surface area (Å²) >= 11 is 0. The maximum Gasteiger partial charge on any atom is 0.119 e. The van der Waals surface area contributed by atoms with E-state index >= 15 is 0 Å². The average molecular weight is 260 g/mol. The highest BCUT2D eigenvalue weighted by Gasteiger charge is 2.09. The Balaban J connectivity index is 2.60. The van der Waals surface area contributed by atoms with Crippen molar-refractivity contribution in [1.82, 2.24) is 5.32 Å². The van der Waals surface area contributed by atoms with Crippen molar-refractivity contribution in [2.45, 2.75) is 32.7 Å². The second-order valence-corrected chi connectivity index (χ2v) is 4.34. The summed E-state index contributed by atoms with van der Waals surface area (Å²) in [5, 5.41) is 3.42. The minimum atomic E-state index is 0.156. The molecule has 0 bridgehead atoms. The van der Waals surface area contributed by atoms with Crippen LogP contribution in [-0.2, 0) is 0 Å². The van der Waals surface area contributed by atoms with Gasteiger partial charge in [0, 0.05) is 25.6 Å². The van der Waals surface area contributed by atoms with Gasteiger partial charge in [-0.15, -0.1) is 11.8 Å². The Labute approximate surface area is 116 Å². The van der Waals surface area contributed by atoms with Crippen LogP contribution in [0, 0.1) is 11.8 Å². The number of hydrogen-bond donors (Lipinski definition) is 2. The molecule has 0 aliphatic heterocycles. The Kier molecular flexibility index (Phi) is 7.72. The predicted octanol–water partition coefficient (Wildman–Crippen LogP) is 2.48. The lowest BCUT2D eigenvalue weighted by atomic mass is 10.1. The van der Waals surface area contributed by atoms with Crippen LogP contribution in [0.4, 0.5) is 0 Å². The summed E-state index contributed by atoms with van der Waals surface area (Å²) in [7, 11) is 0. The Morgan fingerprint density at radius 2 is 2.26 bits per heavy atom. The Hall–Kier alpha value is -1.50. The van der Waals surface area contributed by atoms with Crippen molar-refractivity contribution >= 4 is 0 Å². The van der Waals surface area contributed by atoms with Crippen LogP contribution in [-0.4, -0.2) is 19.7 Å². The Morgan fingerprint density at radius 3 is 2.95 bits per heavy atom. The first kappa shape index (κ1) is 15.6. The molecule has 0 aromatic heterocycles. The number of nitrogens with two attached hydrogens (primary N) is 1. The number of benzene rings is 1. The first-order valence-electron chi connectivity index (χ1n) is 6.87.